The first-order valence-corrected chi connectivity index (χ1v) is 5.91. The second-order valence-corrected chi connectivity index (χ2v) is 4.36. The summed E-state index contributed by atoms with van der Waals surface area (Å²) >= 11 is 0. The van der Waals surface area contributed by atoms with E-state index in [-0.39, 0.29) is 6.10 Å². The topological polar surface area (TPSA) is 44.1 Å². The Kier molecular flexibility index (Phi) is 3.77. The van der Waals surface area contributed by atoms with Gasteiger partial charge in [0.15, 0.2) is 0 Å². The number of hydrogen-bond acceptors (Lipinski definition) is 3. The number of carbonyl (C=O) groups excluding carboxylic acids is 1. The summed E-state index contributed by atoms with van der Waals surface area (Å²) in [6.45, 7) is 4.55. The van der Waals surface area contributed by atoms with Crippen LogP contribution in [0.1, 0.15) is 29.8 Å². The highest BCUT2D eigenvalue weighted by Crippen LogP contribution is 2.22. The molecule has 0 bridgehead atoms. The van der Waals surface area contributed by atoms with Gasteiger partial charge in [0, 0.05) is 23.5 Å². The molecule has 0 saturated heterocycles. The lowest BCUT2D eigenvalue weighted by molar-refractivity contribution is 0.112. The van der Waals surface area contributed by atoms with Crippen LogP contribution in [0, 0.1) is 0 Å². The Morgan fingerprint density at radius 2 is 2.28 bits per heavy atom. The number of rotatable bonds is 5. The smallest absolute Gasteiger partial charge is 0.150 e. The van der Waals surface area contributed by atoms with Gasteiger partial charge >= 0.3 is 0 Å². The summed E-state index contributed by atoms with van der Waals surface area (Å²) in [6, 6.07) is 7.30. The highest BCUT2D eigenvalue weighted by molar-refractivity contribution is 5.75. The van der Waals surface area contributed by atoms with E-state index in [0.29, 0.717) is 12.1 Å². The van der Waals surface area contributed by atoms with Gasteiger partial charge in [-0.15, -0.1) is 0 Å². The van der Waals surface area contributed by atoms with Crippen molar-refractivity contribution in [1.29, 1.82) is 0 Å². The molecule has 4 heteroatoms. The van der Waals surface area contributed by atoms with E-state index in [1.165, 1.54) is 0 Å². The molecule has 0 unspecified atom stereocenters. The number of nitrogens with zero attached hydrogens (tertiary/aromatic N) is 2. The van der Waals surface area contributed by atoms with E-state index < -0.39 is 0 Å². The summed E-state index contributed by atoms with van der Waals surface area (Å²) in [7, 11) is 0. The molecule has 0 aliphatic rings. The highest BCUT2D eigenvalue weighted by atomic mass is 16.5. The van der Waals surface area contributed by atoms with Crippen molar-refractivity contribution >= 4 is 6.29 Å². The van der Waals surface area contributed by atoms with Crippen LogP contribution < -0.4 is 4.74 Å². The minimum atomic E-state index is 0.100. The molecular formula is C14H16N2O2. The summed E-state index contributed by atoms with van der Waals surface area (Å²) in [5.41, 5.74) is 1.60. The first-order chi connectivity index (χ1) is 8.69. The number of carbonyl (C=O) groups is 1. The van der Waals surface area contributed by atoms with Crippen molar-refractivity contribution in [3.63, 3.8) is 0 Å². The lowest BCUT2D eigenvalue weighted by atomic mass is 10.1. The first-order valence-electron chi connectivity index (χ1n) is 5.91. The molecule has 0 atom stereocenters. The standard InChI is InChI=1S/C14H16N2O2/c1-11(2)18-14-5-4-12(10-17)8-13(14)9-16-7-3-6-15-16/h3-8,10-11H,9H2,1-2H3. The van der Waals surface area contributed by atoms with Gasteiger partial charge in [-0.05, 0) is 38.1 Å². The quantitative estimate of drug-likeness (QED) is 0.759. The zero-order chi connectivity index (χ0) is 13.0. The van der Waals surface area contributed by atoms with Gasteiger partial charge in [0.05, 0.1) is 12.6 Å². The fraction of sp³-hybridized carbons (Fsp3) is 0.286. The van der Waals surface area contributed by atoms with Crippen molar-refractivity contribution in [1.82, 2.24) is 9.78 Å². The molecule has 94 valence electrons. The van der Waals surface area contributed by atoms with E-state index in [1.807, 2.05) is 38.2 Å². The van der Waals surface area contributed by atoms with Crippen molar-refractivity contribution in [2.45, 2.75) is 26.5 Å². The van der Waals surface area contributed by atoms with Crippen LogP contribution in [0.4, 0.5) is 0 Å². The SMILES string of the molecule is CC(C)Oc1ccc(C=O)cc1Cn1cccn1. The molecule has 0 amide bonds. The van der Waals surface area contributed by atoms with Crippen LogP contribution in [0.15, 0.2) is 36.7 Å². The fourth-order valence-corrected chi connectivity index (χ4v) is 1.73. The van der Waals surface area contributed by atoms with Gasteiger partial charge in [-0.1, -0.05) is 0 Å². The van der Waals surface area contributed by atoms with Crippen molar-refractivity contribution in [3.05, 3.63) is 47.8 Å². The van der Waals surface area contributed by atoms with E-state index in [4.69, 9.17) is 4.74 Å². The van der Waals surface area contributed by atoms with Crippen molar-refractivity contribution in [2.24, 2.45) is 0 Å². The Morgan fingerprint density at radius 1 is 1.44 bits per heavy atom. The Labute approximate surface area is 106 Å². The van der Waals surface area contributed by atoms with Crippen LogP contribution >= 0.6 is 0 Å². The van der Waals surface area contributed by atoms with Crippen molar-refractivity contribution in [3.8, 4) is 5.75 Å². The van der Waals surface area contributed by atoms with Crippen LogP contribution in [0.2, 0.25) is 0 Å². The number of aromatic nitrogens is 2. The van der Waals surface area contributed by atoms with Gasteiger partial charge in [-0.2, -0.15) is 5.10 Å². The normalized spacial score (nSPS) is 10.6. The molecule has 0 radical (unpaired) electrons. The molecule has 18 heavy (non-hydrogen) atoms. The molecule has 4 nitrogen and oxygen atoms in total. The number of ether oxygens (including phenoxy) is 1. The molecule has 1 aromatic heterocycles. The lowest BCUT2D eigenvalue weighted by Gasteiger charge is -2.14. The van der Waals surface area contributed by atoms with Crippen LogP contribution in [-0.2, 0) is 6.54 Å². The van der Waals surface area contributed by atoms with Crippen LogP contribution in [0.3, 0.4) is 0 Å². The third kappa shape index (κ3) is 2.97. The number of aldehydes is 1. The van der Waals surface area contributed by atoms with E-state index in [9.17, 15) is 4.79 Å². The molecule has 0 N–H and O–H groups in total. The predicted molar refractivity (Wildman–Crippen MR) is 68.9 cm³/mol. The minimum Gasteiger partial charge on any atom is -0.491 e. The summed E-state index contributed by atoms with van der Waals surface area (Å²) in [5, 5.41) is 4.16. The maximum absolute atomic E-state index is 10.8. The minimum absolute atomic E-state index is 0.100. The second-order valence-electron chi connectivity index (χ2n) is 4.36. The maximum Gasteiger partial charge on any atom is 0.150 e. The van der Waals surface area contributed by atoms with Crippen molar-refractivity contribution < 1.29 is 9.53 Å². The molecular weight excluding hydrogens is 228 g/mol. The predicted octanol–water partition coefficient (Wildman–Crippen LogP) is 2.53. The Balaban J connectivity index is 2.31. The molecule has 1 heterocycles. The third-order valence-electron chi connectivity index (χ3n) is 2.47. The van der Waals surface area contributed by atoms with Gasteiger partial charge in [0.25, 0.3) is 0 Å². The summed E-state index contributed by atoms with van der Waals surface area (Å²) in [5.74, 6) is 0.797. The monoisotopic (exact) mass is 244 g/mol. The molecule has 0 aliphatic carbocycles. The largest absolute Gasteiger partial charge is 0.491 e. The zero-order valence-corrected chi connectivity index (χ0v) is 10.5. The molecule has 2 aromatic rings. The van der Waals surface area contributed by atoms with E-state index in [2.05, 4.69) is 5.10 Å². The number of benzene rings is 1. The Bertz CT molecular complexity index is 519. The summed E-state index contributed by atoms with van der Waals surface area (Å²) in [6.07, 6.45) is 4.55. The lowest BCUT2D eigenvalue weighted by Crippen LogP contribution is -2.10. The van der Waals surface area contributed by atoms with Gasteiger partial charge in [-0.25, -0.2) is 0 Å². The fourth-order valence-electron chi connectivity index (χ4n) is 1.73. The van der Waals surface area contributed by atoms with Gasteiger partial charge < -0.3 is 4.74 Å². The Morgan fingerprint density at radius 3 is 2.89 bits per heavy atom. The first kappa shape index (κ1) is 12.4. The van der Waals surface area contributed by atoms with Gasteiger partial charge in [0.2, 0.25) is 0 Å². The molecule has 0 aliphatic heterocycles. The van der Waals surface area contributed by atoms with Gasteiger partial charge in [-0.3, -0.25) is 9.48 Å². The molecule has 2 rings (SSSR count). The Hall–Kier alpha value is -2.10. The molecule has 0 spiro atoms. The maximum atomic E-state index is 10.8. The van der Waals surface area contributed by atoms with Crippen LogP contribution in [0.5, 0.6) is 5.75 Å². The zero-order valence-electron chi connectivity index (χ0n) is 10.5. The number of hydrogen-bond donors (Lipinski definition) is 0. The summed E-state index contributed by atoms with van der Waals surface area (Å²) in [4.78, 5) is 10.8. The van der Waals surface area contributed by atoms with Crippen LogP contribution in [-0.4, -0.2) is 22.2 Å². The van der Waals surface area contributed by atoms with E-state index >= 15 is 0 Å². The summed E-state index contributed by atoms with van der Waals surface area (Å²) < 4.78 is 7.54. The van der Waals surface area contributed by atoms with Gasteiger partial charge in [0.1, 0.15) is 12.0 Å². The van der Waals surface area contributed by atoms with Crippen molar-refractivity contribution in [2.75, 3.05) is 0 Å². The molecule has 1 aromatic carbocycles. The van der Waals surface area contributed by atoms with Crippen LogP contribution in [0.25, 0.3) is 0 Å². The third-order valence-corrected chi connectivity index (χ3v) is 2.47. The second kappa shape index (κ2) is 5.49. The van der Waals surface area contributed by atoms with E-state index in [0.717, 1.165) is 17.6 Å². The molecule has 0 fully saturated rings. The average Bonchev–Trinajstić information content (AvgIpc) is 2.83. The highest BCUT2D eigenvalue weighted by Gasteiger charge is 2.08. The molecule has 0 saturated carbocycles. The average molecular weight is 244 g/mol. The van der Waals surface area contributed by atoms with E-state index in [1.54, 1.807) is 16.9 Å².